The molecule has 0 saturated carbocycles. The Kier molecular flexibility index (Phi) is 9.20. The van der Waals surface area contributed by atoms with E-state index >= 15 is 0 Å². The van der Waals surface area contributed by atoms with Crippen molar-refractivity contribution in [2.75, 3.05) is 39.4 Å². The second-order valence-corrected chi connectivity index (χ2v) is 6.34. The molecule has 1 atom stereocenters. The average Bonchev–Trinajstić information content (AvgIpc) is 2.57. The molecule has 8 heteroatoms. The first kappa shape index (κ1) is 21.9. The lowest BCUT2D eigenvalue weighted by molar-refractivity contribution is 0.0192. The molecule has 2 aliphatic rings. The Bertz CT molecular complexity index is 506. The number of ether oxygens (including phenoxy) is 1. The third-order valence-electron chi connectivity index (χ3n) is 4.63. The molecule has 24 heavy (non-hydrogen) atoms. The Labute approximate surface area is 158 Å². The van der Waals surface area contributed by atoms with Crippen LogP contribution in [0.15, 0.2) is 12.1 Å². The van der Waals surface area contributed by atoms with E-state index in [1.807, 2.05) is 0 Å². The monoisotopic (exact) mass is 402 g/mol. The summed E-state index contributed by atoms with van der Waals surface area (Å²) in [4.78, 5) is 2.18. The molecule has 0 aliphatic carbocycles. The maximum atomic E-state index is 14.6. The standard InChI is InChI=1S/C16H21ClF2N2O.2ClH/c17-12-1-2-13(18)14(15(12)19)16(11-3-9-22-10-4-11)21-7-5-20-6-8-21;;/h1-2,11,16,20H,3-10H2;2*1H/t16-;;/m1../s1. The van der Waals surface area contributed by atoms with Gasteiger partial charge < -0.3 is 10.1 Å². The Morgan fingerprint density at radius 3 is 2.38 bits per heavy atom. The van der Waals surface area contributed by atoms with Crippen LogP contribution in [-0.4, -0.2) is 44.3 Å². The summed E-state index contributed by atoms with van der Waals surface area (Å²) in [5.74, 6) is -0.928. The molecule has 1 N–H and O–H groups in total. The molecule has 138 valence electrons. The van der Waals surface area contributed by atoms with Gasteiger partial charge in [0, 0.05) is 51.0 Å². The van der Waals surface area contributed by atoms with Crippen LogP contribution in [-0.2, 0) is 4.74 Å². The fourth-order valence-corrected chi connectivity index (χ4v) is 3.69. The maximum Gasteiger partial charge on any atom is 0.149 e. The van der Waals surface area contributed by atoms with Crippen molar-refractivity contribution in [1.82, 2.24) is 10.2 Å². The van der Waals surface area contributed by atoms with Crippen LogP contribution in [0.2, 0.25) is 5.02 Å². The lowest BCUT2D eigenvalue weighted by Gasteiger charge is -2.41. The van der Waals surface area contributed by atoms with E-state index in [2.05, 4.69) is 10.2 Å². The molecule has 2 heterocycles. The third-order valence-corrected chi connectivity index (χ3v) is 4.92. The average molecular weight is 404 g/mol. The first-order valence-corrected chi connectivity index (χ1v) is 8.22. The van der Waals surface area contributed by atoms with Gasteiger partial charge in [-0.1, -0.05) is 11.6 Å². The van der Waals surface area contributed by atoms with Crippen molar-refractivity contribution in [3.05, 3.63) is 34.4 Å². The Morgan fingerprint density at radius 1 is 1.12 bits per heavy atom. The molecule has 0 radical (unpaired) electrons. The molecule has 3 nitrogen and oxygen atoms in total. The highest BCUT2D eigenvalue weighted by molar-refractivity contribution is 6.30. The summed E-state index contributed by atoms with van der Waals surface area (Å²) in [6.07, 6.45) is 1.64. The van der Waals surface area contributed by atoms with Crippen LogP contribution < -0.4 is 5.32 Å². The van der Waals surface area contributed by atoms with Crippen LogP contribution in [0.4, 0.5) is 8.78 Å². The van der Waals surface area contributed by atoms with Crippen LogP contribution in [0.3, 0.4) is 0 Å². The topological polar surface area (TPSA) is 24.5 Å². The molecule has 2 aliphatic heterocycles. The molecule has 1 aromatic rings. The van der Waals surface area contributed by atoms with E-state index in [1.54, 1.807) is 0 Å². The summed E-state index contributed by atoms with van der Waals surface area (Å²) in [5, 5.41) is 3.27. The van der Waals surface area contributed by atoms with Crippen LogP contribution in [0.5, 0.6) is 0 Å². The summed E-state index contributed by atoms with van der Waals surface area (Å²) in [7, 11) is 0. The summed E-state index contributed by atoms with van der Waals surface area (Å²) < 4.78 is 34.4. The van der Waals surface area contributed by atoms with Crippen LogP contribution >= 0.6 is 36.4 Å². The fraction of sp³-hybridized carbons (Fsp3) is 0.625. The van der Waals surface area contributed by atoms with Crippen molar-refractivity contribution < 1.29 is 13.5 Å². The molecule has 1 aromatic carbocycles. The van der Waals surface area contributed by atoms with Crippen molar-refractivity contribution in [3.8, 4) is 0 Å². The molecule has 2 saturated heterocycles. The van der Waals surface area contributed by atoms with Gasteiger partial charge in [0.2, 0.25) is 0 Å². The SMILES string of the molecule is Cl.Cl.Fc1ccc(Cl)c(F)c1[C@@H](C1CCOCC1)N1CCNCC1. The van der Waals surface area contributed by atoms with Gasteiger partial charge in [0.25, 0.3) is 0 Å². The van der Waals surface area contributed by atoms with Gasteiger partial charge in [-0.15, -0.1) is 24.8 Å². The smallest absolute Gasteiger partial charge is 0.149 e. The van der Waals surface area contributed by atoms with Crippen LogP contribution in [0.1, 0.15) is 24.4 Å². The minimum atomic E-state index is -0.614. The molecule has 0 aromatic heterocycles. The maximum absolute atomic E-state index is 14.6. The predicted octanol–water partition coefficient (Wildman–Crippen LogP) is 3.83. The minimum Gasteiger partial charge on any atom is -0.381 e. The summed E-state index contributed by atoms with van der Waals surface area (Å²) in [5.41, 5.74) is 0.126. The molecule has 0 unspecified atom stereocenters. The van der Waals surface area contributed by atoms with Gasteiger partial charge in [-0.3, -0.25) is 4.90 Å². The quantitative estimate of drug-likeness (QED) is 0.776. The van der Waals surface area contributed by atoms with E-state index < -0.39 is 11.6 Å². The predicted molar refractivity (Wildman–Crippen MR) is 96.6 cm³/mol. The molecule has 0 spiro atoms. The first-order chi connectivity index (χ1) is 10.7. The van der Waals surface area contributed by atoms with Crippen LogP contribution in [0.25, 0.3) is 0 Å². The molecular formula is C16H23Cl3F2N2O. The summed E-state index contributed by atoms with van der Waals surface area (Å²) in [6.45, 7) is 4.54. The second-order valence-electron chi connectivity index (χ2n) is 5.94. The lowest BCUT2D eigenvalue weighted by atomic mass is 9.85. The normalized spacial score (nSPS) is 20.8. The van der Waals surface area contributed by atoms with E-state index in [1.165, 1.54) is 12.1 Å². The first-order valence-electron chi connectivity index (χ1n) is 7.84. The molecule has 3 rings (SSSR count). The van der Waals surface area contributed by atoms with E-state index in [-0.39, 0.29) is 47.4 Å². The number of hydrogen-bond donors (Lipinski definition) is 1. The van der Waals surface area contributed by atoms with E-state index in [4.69, 9.17) is 16.3 Å². The fourth-order valence-electron chi connectivity index (χ4n) is 3.52. The van der Waals surface area contributed by atoms with Gasteiger partial charge in [-0.05, 0) is 30.9 Å². The summed E-state index contributed by atoms with van der Waals surface area (Å²) >= 11 is 5.91. The number of rotatable bonds is 3. The lowest BCUT2D eigenvalue weighted by Crippen LogP contribution is -2.48. The van der Waals surface area contributed by atoms with E-state index in [0.29, 0.717) is 13.2 Å². The zero-order valence-corrected chi connectivity index (χ0v) is 15.7. The van der Waals surface area contributed by atoms with Gasteiger partial charge >= 0.3 is 0 Å². The van der Waals surface area contributed by atoms with Gasteiger partial charge in [0.1, 0.15) is 11.6 Å². The van der Waals surface area contributed by atoms with Crippen molar-refractivity contribution >= 4 is 36.4 Å². The zero-order valence-electron chi connectivity index (χ0n) is 13.3. The highest BCUT2D eigenvalue weighted by atomic mass is 35.5. The third kappa shape index (κ3) is 4.71. The number of halogens is 5. The van der Waals surface area contributed by atoms with E-state index in [9.17, 15) is 8.78 Å². The molecule has 2 fully saturated rings. The van der Waals surface area contributed by atoms with Gasteiger partial charge in [0.05, 0.1) is 5.02 Å². The number of benzene rings is 1. The van der Waals surface area contributed by atoms with Gasteiger partial charge in [-0.2, -0.15) is 0 Å². The Hall–Kier alpha value is -0.170. The number of hydrogen-bond acceptors (Lipinski definition) is 3. The number of nitrogens with one attached hydrogen (secondary N) is 1. The summed E-state index contributed by atoms with van der Waals surface area (Å²) in [6, 6.07) is 2.29. The van der Waals surface area contributed by atoms with Crippen molar-refractivity contribution in [1.29, 1.82) is 0 Å². The van der Waals surface area contributed by atoms with Crippen LogP contribution in [0, 0.1) is 17.6 Å². The zero-order chi connectivity index (χ0) is 15.5. The Morgan fingerprint density at radius 2 is 1.75 bits per heavy atom. The van der Waals surface area contributed by atoms with Gasteiger partial charge in [0.15, 0.2) is 0 Å². The molecule has 0 amide bonds. The van der Waals surface area contributed by atoms with Crippen molar-refractivity contribution in [3.63, 3.8) is 0 Å². The molecule has 0 bridgehead atoms. The highest BCUT2D eigenvalue weighted by Gasteiger charge is 2.35. The number of piperazine rings is 1. The number of nitrogens with zero attached hydrogens (tertiary/aromatic N) is 1. The van der Waals surface area contributed by atoms with Crippen molar-refractivity contribution in [2.24, 2.45) is 5.92 Å². The van der Waals surface area contributed by atoms with E-state index in [0.717, 1.165) is 39.0 Å². The van der Waals surface area contributed by atoms with Crippen molar-refractivity contribution in [2.45, 2.75) is 18.9 Å². The second kappa shape index (κ2) is 10.1. The highest BCUT2D eigenvalue weighted by Crippen LogP contribution is 2.39. The largest absolute Gasteiger partial charge is 0.381 e. The molecular weight excluding hydrogens is 381 g/mol. The Balaban J connectivity index is 0.00000144. The van der Waals surface area contributed by atoms with Gasteiger partial charge in [-0.25, -0.2) is 8.78 Å². The minimum absolute atomic E-state index is 0.